The van der Waals surface area contributed by atoms with Crippen molar-refractivity contribution in [3.05, 3.63) is 75.0 Å². The summed E-state index contributed by atoms with van der Waals surface area (Å²) < 4.78 is 16.9. The summed E-state index contributed by atoms with van der Waals surface area (Å²) in [5.74, 6) is 1.48. The highest BCUT2D eigenvalue weighted by Crippen LogP contribution is 2.46. The van der Waals surface area contributed by atoms with Crippen LogP contribution < -0.4 is 0 Å². The lowest BCUT2D eigenvalue weighted by atomic mass is 9.82. The van der Waals surface area contributed by atoms with Gasteiger partial charge in [-0.2, -0.15) is 0 Å². The van der Waals surface area contributed by atoms with Gasteiger partial charge in [-0.1, -0.05) is 46.6 Å². The van der Waals surface area contributed by atoms with Crippen LogP contribution in [0, 0.1) is 0 Å². The Bertz CT molecular complexity index is 1140. The average molecular weight is 500 g/mol. The molecule has 0 radical (unpaired) electrons. The predicted molar refractivity (Wildman–Crippen MR) is 132 cm³/mol. The number of methoxy groups -OCH3 is 1. The van der Waals surface area contributed by atoms with E-state index in [4.69, 9.17) is 37.2 Å². The van der Waals surface area contributed by atoms with Gasteiger partial charge in [0.25, 0.3) is 0 Å². The minimum absolute atomic E-state index is 0.183. The van der Waals surface area contributed by atoms with E-state index < -0.39 is 0 Å². The van der Waals surface area contributed by atoms with Crippen LogP contribution in [0.5, 0.6) is 0 Å². The molecule has 2 aliphatic carbocycles. The first-order chi connectivity index (χ1) is 16.5. The lowest BCUT2D eigenvalue weighted by Gasteiger charge is -2.29. The summed E-state index contributed by atoms with van der Waals surface area (Å²) in [4.78, 5) is 11.7. The van der Waals surface area contributed by atoms with Gasteiger partial charge in [0.15, 0.2) is 0 Å². The second-order valence-electron chi connectivity index (χ2n) is 9.14. The van der Waals surface area contributed by atoms with Gasteiger partial charge < -0.3 is 14.0 Å². The third-order valence-corrected chi connectivity index (χ3v) is 7.54. The number of hydrogen-bond acceptors (Lipinski definition) is 5. The number of hydrogen-bond donors (Lipinski definition) is 0. The molecule has 2 fully saturated rings. The molecule has 0 spiro atoms. The van der Waals surface area contributed by atoms with Crippen molar-refractivity contribution in [2.24, 2.45) is 0 Å². The van der Waals surface area contributed by atoms with Crippen LogP contribution in [0.15, 0.2) is 47.0 Å². The topological polar surface area (TPSA) is 61.6 Å². The maximum atomic E-state index is 11.7. The van der Waals surface area contributed by atoms with Gasteiger partial charge >= 0.3 is 5.97 Å². The molecule has 2 saturated carbocycles. The summed E-state index contributed by atoms with van der Waals surface area (Å²) in [6.45, 7) is 0.440. The van der Waals surface area contributed by atoms with Crippen LogP contribution in [-0.4, -0.2) is 24.3 Å². The Kier molecular flexibility index (Phi) is 6.96. The Morgan fingerprint density at radius 3 is 2.24 bits per heavy atom. The number of benzene rings is 2. The molecule has 0 unspecified atom stereocenters. The molecule has 0 saturated heterocycles. The number of carbonyl (C=O) groups excluding carboxylic acids is 1. The number of rotatable bonds is 7. The van der Waals surface area contributed by atoms with Gasteiger partial charge in [0, 0.05) is 17.0 Å². The van der Waals surface area contributed by atoms with Crippen LogP contribution in [0.25, 0.3) is 11.3 Å². The summed E-state index contributed by atoms with van der Waals surface area (Å²) in [6.07, 6.45) is 6.46. The Balaban J connectivity index is 1.24. The molecule has 2 aliphatic rings. The highest BCUT2D eigenvalue weighted by molar-refractivity contribution is 6.39. The number of nitrogens with zero attached hydrogens (tertiary/aromatic N) is 1. The molecular formula is C27H27Cl2NO4. The van der Waals surface area contributed by atoms with Crippen LogP contribution in [0.1, 0.15) is 77.6 Å². The first-order valence-electron chi connectivity index (χ1n) is 11.8. The van der Waals surface area contributed by atoms with Crippen molar-refractivity contribution in [3.63, 3.8) is 0 Å². The van der Waals surface area contributed by atoms with Gasteiger partial charge in [0.2, 0.25) is 0 Å². The minimum atomic E-state index is -0.305. The minimum Gasteiger partial charge on any atom is -0.465 e. The Morgan fingerprint density at radius 1 is 0.971 bits per heavy atom. The maximum absolute atomic E-state index is 11.7. The van der Waals surface area contributed by atoms with Crippen LogP contribution in [-0.2, 0) is 16.1 Å². The number of esters is 1. The fourth-order valence-corrected chi connectivity index (χ4v) is 5.40. The highest BCUT2D eigenvalue weighted by atomic mass is 35.5. The molecule has 5 nitrogen and oxygen atoms in total. The van der Waals surface area contributed by atoms with Crippen molar-refractivity contribution >= 4 is 29.2 Å². The summed E-state index contributed by atoms with van der Waals surface area (Å²) in [7, 11) is 1.40. The van der Waals surface area contributed by atoms with Crippen molar-refractivity contribution in [1.29, 1.82) is 0 Å². The summed E-state index contributed by atoms with van der Waals surface area (Å²) in [5, 5.41) is 5.47. The molecule has 0 aliphatic heterocycles. The van der Waals surface area contributed by atoms with Crippen LogP contribution in [0.3, 0.4) is 0 Å². The molecule has 5 rings (SSSR count). The standard InChI is InChI=1S/C27H27Cl2NO4/c1-32-27(31)19-9-5-16(6-10-19)17-11-13-20(14-12-17)33-15-21-25(30-34-26(21)18-7-8-18)24-22(28)3-2-4-23(24)29/h2-6,9-10,17-18,20H,7-8,11-15H2,1H3. The first kappa shape index (κ1) is 23.4. The molecule has 0 bridgehead atoms. The van der Waals surface area contributed by atoms with Crippen molar-refractivity contribution in [1.82, 2.24) is 5.16 Å². The Labute approximate surface area is 209 Å². The first-order valence-corrected chi connectivity index (χ1v) is 12.5. The van der Waals surface area contributed by atoms with Crippen LogP contribution in [0.2, 0.25) is 10.0 Å². The van der Waals surface area contributed by atoms with E-state index in [0.29, 0.717) is 45.3 Å². The molecule has 7 heteroatoms. The molecule has 1 heterocycles. The van der Waals surface area contributed by atoms with Crippen LogP contribution in [0.4, 0.5) is 0 Å². The smallest absolute Gasteiger partial charge is 0.337 e. The Hall–Kier alpha value is -2.34. The largest absolute Gasteiger partial charge is 0.465 e. The van der Waals surface area contributed by atoms with E-state index in [9.17, 15) is 4.79 Å². The molecule has 1 aromatic heterocycles. The quantitative estimate of drug-likeness (QED) is 0.314. The summed E-state index contributed by atoms with van der Waals surface area (Å²) >= 11 is 12.9. The second-order valence-corrected chi connectivity index (χ2v) is 9.96. The SMILES string of the molecule is COC(=O)c1ccc(C2CCC(OCc3c(-c4c(Cl)cccc4Cl)noc3C3CC3)CC2)cc1. The molecule has 2 aromatic carbocycles. The monoisotopic (exact) mass is 499 g/mol. The third-order valence-electron chi connectivity index (χ3n) is 6.91. The second kappa shape index (κ2) is 10.1. The normalized spacial score (nSPS) is 20.3. The van der Waals surface area contributed by atoms with Gasteiger partial charge in [-0.25, -0.2) is 4.79 Å². The van der Waals surface area contributed by atoms with Gasteiger partial charge in [-0.15, -0.1) is 0 Å². The highest BCUT2D eigenvalue weighted by Gasteiger charge is 2.34. The zero-order valence-corrected chi connectivity index (χ0v) is 20.6. The fourth-order valence-electron chi connectivity index (χ4n) is 4.82. The summed E-state index contributed by atoms with van der Waals surface area (Å²) in [5.41, 5.74) is 4.21. The van der Waals surface area contributed by atoms with E-state index in [2.05, 4.69) is 5.16 Å². The van der Waals surface area contributed by atoms with E-state index in [1.807, 2.05) is 42.5 Å². The predicted octanol–water partition coefficient (Wildman–Crippen LogP) is 7.56. The van der Waals surface area contributed by atoms with Crippen molar-refractivity contribution in [3.8, 4) is 11.3 Å². The number of halogens is 2. The zero-order valence-electron chi connectivity index (χ0n) is 19.1. The van der Waals surface area contributed by atoms with Gasteiger partial charge in [0.05, 0.1) is 35.4 Å². The van der Waals surface area contributed by atoms with Crippen LogP contribution >= 0.6 is 23.2 Å². The van der Waals surface area contributed by atoms with Gasteiger partial charge in [-0.05, 0) is 74.3 Å². The van der Waals surface area contributed by atoms with Crippen molar-refractivity contribution in [2.75, 3.05) is 7.11 Å². The molecule has 0 N–H and O–H groups in total. The Morgan fingerprint density at radius 2 is 1.62 bits per heavy atom. The van der Waals surface area contributed by atoms with E-state index in [1.165, 1.54) is 12.7 Å². The number of ether oxygens (including phenoxy) is 2. The lowest BCUT2D eigenvalue weighted by molar-refractivity contribution is 0.0129. The zero-order chi connectivity index (χ0) is 23.7. The summed E-state index contributed by atoms with van der Waals surface area (Å²) in [6, 6.07) is 13.2. The fraction of sp³-hybridized carbons (Fsp3) is 0.407. The van der Waals surface area contributed by atoms with E-state index in [0.717, 1.165) is 49.8 Å². The van der Waals surface area contributed by atoms with Gasteiger partial charge in [-0.3, -0.25) is 0 Å². The maximum Gasteiger partial charge on any atom is 0.337 e. The molecule has 0 amide bonds. The lowest BCUT2D eigenvalue weighted by Crippen LogP contribution is -2.21. The molecular weight excluding hydrogens is 473 g/mol. The molecule has 0 atom stereocenters. The number of aromatic nitrogens is 1. The third kappa shape index (κ3) is 4.88. The van der Waals surface area contributed by atoms with Crippen molar-refractivity contribution in [2.45, 2.75) is 63.1 Å². The number of carbonyl (C=O) groups is 1. The van der Waals surface area contributed by atoms with E-state index >= 15 is 0 Å². The van der Waals surface area contributed by atoms with Gasteiger partial charge in [0.1, 0.15) is 11.5 Å². The van der Waals surface area contributed by atoms with Crippen molar-refractivity contribution < 1.29 is 18.8 Å². The molecule has 34 heavy (non-hydrogen) atoms. The van der Waals surface area contributed by atoms with E-state index in [-0.39, 0.29) is 12.1 Å². The van der Waals surface area contributed by atoms with E-state index in [1.54, 1.807) is 0 Å². The molecule has 3 aromatic rings. The molecule has 178 valence electrons. The average Bonchev–Trinajstić information content (AvgIpc) is 3.63.